The maximum atomic E-state index is 12.8. The Kier molecular flexibility index (Phi) is 5.82. The fourth-order valence-corrected chi connectivity index (χ4v) is 5.26. The Bertz CT molecular complexity index is 1060. The lowest BCUT2D eigenvalue weighted by molar-refractivity contribution is -0.132. The zero-order valence-electron chi connectivity index (χ0n) is 16.6. The van der Waals surface area contributed by atoms with Crippen LogP contribution in [0, 0.1) is 0 Å². The summed E-state index contributed by atoms with van der Waals surface area (Å²) in [5.74, 6) is 0.405. The molecule has 2 aliphatic rings. The lowest BCUT2D eigenvalue weighted by Crippen LogP contribution is -2.50. The number of piperazine rings is 1. The predicted molar refractivity (Wildman–Crippen MR) is 110 cm³/mol. The van der Waals surface area contributed by atoms with Gasteiger partial charge in [-0.3, -0.25) is 9.59 Å². The van der Waals surface area contributed by atoms with Gasteiger partial charge in [-0.25, -0.2) is 18.4 Å². The third kappa shape index (κ3) is 4.21. The van der Waals surface area contributed by atoms with Crippen molar-refractivity contribution in [3.63, 3.8) is 0 Å². The molecule has 1 amide bonds. The molecule has 0 atom stereocenters. The van der Waals surface area contributed by atoms with Crippen molar-refractivity contribution >= 4 is 21.9 Å². The molecule has 2 aromatic heterocycles. The first kappa shape index (κ1) is 20.5. The standard InChI is InChI=1S/C19H24N6O4S/c26-17-5-4-16(30(28,29)25-8-1-2-9-25)14-24(17)15-18(27)22-10-12-23(13-11-22)19-20-6-3-7-21-19/h3-7,14H,1-2,8-13,15H2. The summed E-state index contributed by atoms with van der Waals surface area (Å²) in [4.78, 5) is 37.1. The Morgan fingerprint density at radius 2 is 1.63 bits per heavy atom. The Morgan fingerprint density at radius 1 is 0.967 bits per heavy atom. The number of hydrogen-bond donors (Lipinski definition) is 0. The van der Waals surface area contributed by atoms with Crippen molar-refractivity contribution < 1.29 is 13.2 Å². The number of nitrogens with zero attached hydrogens (tertiary/aromatic N) is 6. The predicted octanol–water partition coefficient (Wildman–Crippen LogP) is -0.228. The van der Waals surface area contributed by atoms with Crippen LogP contribution in [-0.2, 0) is 21.4 Å². The van der Waals surface area contributed by atoms with E-state index in [4.69, 9.17) is 0 Å². The molecule has 10 nitrogen and oxygen atoms in total. The average molecular weight is 433 g/mol. The minimum atomic E-state index is -3.65. The summed E-state index contributed by atoms with van der Waals surface area (Å²) in [5, 5.41) is 0. The molecule has 2 fully saturated rings. The van der Waals surface area contributed by atoms with E-state index in [1.54, 1.807) is 23.4 Å². The molecule has 4 heterocycles. The zero-order chi connectivity index (χ0) is 21.1. The number of sulfonamides is 1. The smallest absolute Gasteiger partial charge is 0.251 e. The molecule has 2 aliphatic heterocycles. The van der Waals surface area contributed by atoms with Gasteiger partial charge >= 0.3 is 0 Å². The summed E-state index contributed by atoms with van der Waals surface area (Å²) in [6.07, 6.45) is 6.29. The molecular formula is C19H24N6O4S. The Balaban J connectivity index is 1.43. The van der Waals surface area contributed by atoms with Crippen LogP contribution in [-0.4, -0.2) is 77.3 Å². The molecular weight excluding hydrogens is 408 g/mol. The van der Waals surface area contributed by atoms with Crippen LogP contribution in [0.5, 0.6) is 0 Å². The maximum absolute atomic E-state index is 12.8. The molecule has 0 aromatic carbocycles. The monoisotopic (exact) mass is 432 g/mol. The van der Waals surface area contributed by atoms with Crippen molar-refractivity contribution in [1.29, 1.82) is 0 Å². The first-order valence-electron chi connectivity index (χ1n) is 9.95. The number of aromatic nitrogens is 3. The van der Waals surface area contributed by atoms with Gasteiger partial charge in [0.1, 0.15) is 6.54 Å². The second-order valence-corrected chi connectivity index (χ2v) is 9.30. The maximum Gasteiger partial charge on any atom is 0.251 e. The van der Waals surface area contributed by atoms with Crippen LogP contribution in [0.1, 0.15) is 12.8 Å². The SMILES string of the molecule is O=C(Cn1cc(S(=O)(=O)N2CCCC2)ccc1=O)N1CCN(c2ncccn2)CC1. The van der Waals surface area contributed by atoms with Crippen molar-refractivity contribution in [3.05, 3.63) is 47.1 Å². The van der Waals surface area contributed by atoms with E-state index < -0.39 is 15.6 Å². The highest BCUT2D eigenvalue weighted by Crippen LogP contribution is 2.20. The van der Waals surface area contributed by atoms with Gasteiger partial charge in [0, 0.05) is 63.9 Å². The van der Waals surface area contributed by atoms with E-state index >= 15 is 0 Å². The lowest BCUT2D eigenvalue weighted by atomic mass is 10.3. The molecule has 4 rings (SSSR count). The van der Waals surface area contributed by atoms with Crippen molar-refractivity contribution in [3.8, 4) is 0 Å². The van der Waals surface area contributed by atoms with Crippen LogP contribution >= 0.6 is 0 Å². The van der Waals surface area contributed by atoms with E-state index in [1.807, 2.05) is 4.90 Å². The van der Waals surface area contributed by atoms with E-state index in [-0.39, 0.29) is 17.3 Å². The van der Waals surface area contributed by atoms with Gasteiger partial charge in [-0.15, -0.1) is 0 Å². The molecule has 0 spiro atoms. The number of pyridine rings is 1. The minimum Gasteiger partial charge on any atom is -0.338 e. The molecule has 0 radical (unpaired) electrons. The molecule has 30 heavy (non-hydrogen) atoms. The third-order valence-corrected chi connectivity index (χ3v) is 7.31. The molecule has 2 aromatic rings. The van der Waals surface area contributed by atoms with Crippen molar-refractivity contribution in [2.45, 2.75) is 24.3 Å². The fourth-order valence-electron chi connectivity index (χ4n) is 3.72. The molecule has 0 aliphatic carbocycles. The van der Waals surface area contributed by atoms with Gasteiger partial charge in [-0.1, -0.05) is 0 Å². The van der Waals surface area contributed by atoms with Crippen LogP contribution in [0.25, 0.3) is 0 Å². The average Bonchev–Trinajstić information content (AvgIpc) is 3.32. The van der Waals surface area contributed by atoms with Crippen LogP contribution in [0.3, 0.4) is 0 Å². The first-order chi connectivity index (χ1) is 14.4. The summed E-state index contributed by atoms with van der Waals surface area (Å²) in [7, 11) is -3.65. The Hall–Kier alpha value is -2.79. The van der Waals surface area contributed by atoms with E-state index in [1.165, 1.54) is 27.2 Å². The Labute approximate surface area is 174 Å². The Morgan fingerprint density at radius 3 is 2.30 bits per heavy atom. The van der Waals surface area contributed by atoms with E-state index in [0.717, 1.165) is 12.8 Å². The van der Waals surface area contributed by atoms with Crippen LogP contribution < -0.4 is 10.5 Å². The van der Waals surface area contributed by atoms with Crippen LogP contribution in [0.2, 0.25) is 0 Å². The molecule has 0 N–H and O–H groups in total. The number of hydrogen-bond acceptors (Lipinski definition) is 7. The summed E-state index contributed by atoms with van der Waals surface area (Å²) >= 11 is 0. The highest BCUT2D eigenvalue weighted by Gasteiger charge is 2.28. The molecule has 2 saturated heterocycles. The normalized spacial score (nSPS) is 18.0. The number of carbonyl (C=O) groups excluding carboxylic acids is 1. The summed E-state index contributed by atoms with van der Waals surface area (Å²) < 4.78 is 28.1. The first-order valence-corrected chi connectivity index (χ1v) is 11.4. The molecule has 0 unspecified atom stereocenters. The van der Waals surface area contributed by atoms with Gasteiger partial charge in [0.15, 0.2) is 0 Å². The lowest BCUT2D eigenvalue weighted by Gasteiger charge is -2.34. The molecule has 0 saturated carbocycles. The number of amides is 1. The second kappa shape index (κ2) is 8.52. The van der Waals surface area contributed by atoms with Gasteiger partial charge in [-0.2, -0.15) is 4.31 Å². The van der Waals surface area contributed by atoms with Gasteiger partial charge < -0.3 is 14.4 Å². The number of rotatable bonds is 5. The number of carbonyl (C=O) groups is 1. The fraction of sp³-hybridized carbons (Fsp3) is 0.474. The van der Waals surface area contributed by atoms with Crippen molar-refractivity contribution in [2.24, 2.45) is 0 Å². The van der Waals surface area contributed by atoms with E-state index in [9.17, 15) is 18.0 Å². The van der Waals surface area contributed by atoms with E-state index in [2.05, 4.69) is 9.97 Å². The molecule has 0 bridgehead atoms. The van der Waals surface area contributed by atoms with Crippen LogP contribution in [0.4, 0.5) is 5.95 Å². The van der Waals surface area contributed by atoms with Gasteiger partial charge in [-0.05, 0) is 25.0 Å². The summed E-state index contributed by atoms with van der Waals surface area (Å²) in [6.45, 7) is 2.92. The summed E-state index contributed by atoms with van der Waals surface area (Å²) in [5.41, 5.74) is -0.403. The summed E-state index contributed by atoms with van der Waals surface area (Å²) in [6, 6.07) is 4.27. The topological polar surface area (TPSA) is 109 Å². The second-order valence-electron chi connectivity index (χ2n) is 7.36. The van der Waals surface area contributed by atoms with Gasteiger partial charge in [0.25, 0.3) is 5.56 Å². The number of anilines is 1. The highest BCUT2D eigenvalue weighted by molar-refractivity contribution is 7.89. The molecule has 160 valence electrons. The quantitative estimate of drug-likeness (QED) is 0.642. The highest BCUT2D eigenvalue weighted by atomic mass is 32.2. The largest absolute Gasteiger partial charge is 0.338 e. The zero-order valence-corrected chi connectivity index (χ0v) is 17.4. The minimum absolute atomic E-state index is 0.0443. The van der Waals surface area contributed by atoms with Crippen molar-refractivity contribution in [2.75, 3.05) is 44.2 Å². The van der Waals surface area contributed by atoms with E-state index in [0.29, 0.717) is 45.2 Å². The van der Waals surface area contributed by atoms with Crippen molar-refractivity contribution in [1.82, 2.24) is 23.7 Å². The van der Waals surface area contributed by atoms with Crippen LogP contribution in [0.15, 0.2) is 46.5 Å². The molecule has 11 heteroatoms. The third-order valence-electron chi connectivity index (χ3n) is 5.43. The van der Waals surface area contributed by atoms with Gasteiger partial charge in [0.2, 0.25) is 21.9 Å². The van der Waals surface area contributed by atoms with Gasteiger partial charge in [0.05, 0.1) is 4.90 Å².